The highest BCUT2D eigenvalue weighted by atomic mass is 79.9. The van der Waals surface area contributed by atoms with Gasteiger partial charge in [0.15, 0.2) is 0 Å². The highest BCUT2D eigenvalue weighted by Gasteiger charge is 2.19. The van der Waals surface area contributed by atoms with Crippen molar-refractivity contribution in [2.24, 2.45) is 0 Å². The first-order valence-electron chi connectivity index (χ1n) is 8.02. The molecule has 4 nitrogen and oxygen atoms in total. The van der Waals surface area contributed by atoms with Crippen LogP contribution in [0, 0.1) is 6.92 Å². The van der Waals surface area contributed by atoms with E-state index >= 15 is 0 Å². The molecule has 0 aliphatic carbocycles. The van der Waals surface area contributed by atoms with Crippen LogP contribution < -0.4 is 10.2 Å². The van der Waals surface area contributed by atoms with Gasteiger partial charge in [-0.2, -0.15) is 0 Å². The number of hydrogen-bond acceptors (Lipinski definition) is 2. The number of rotatable bonds is 3. The highest BCUT2D eigenvalue weighted by molar-refractivity contribution is 9.10. The van der Waals surface area contributed by atoms with Gasteiger partial charge in [-0.05, 0) is 67.8 Å². The van der Waals surface area contributed by atoms with E-state index in [1.807, 2.05) is 37.3 Å². The van der Waals surface area contributed by atoms with Gasteiger partial charge in [0, 0.05) is 34.4 Å². The molecule has 0 spiro atoms. The second-order valence-corrected chi connectivity index (χ2v) is 6.88. The number of nitrogens with one attached hydrogen (secondary N) is 1. The zero-order valence-electron chi connectivity index (χ0n) is 13.5. The lowest BCUT2D eigenvalue weighted by Crippen LogP contribution is -2.35. The molecule has 3 rings (SSSR count). The molecule has 1 fully saturated rings. The molecule has 5 heteroatoms. The van der Waals surface area contributed by atoms with Crippen LogP contribution in [0.3, 0.4) is 0 Å². The fourth-order valence-electron chi connectivity index (χ4n) is 2.83. The van der Waals surface area contributed by atoms with E-state index in [0.717, 1.165) is 40.8 Å². The normalized spacial score (nSPS) is 14.6. The first-order chi connectivity index (χ1) is 11.5. The lowest BCUT2D eigenvalue weighted by Gasteiger charge is -2.26. The Morgan fingerprint density at radius 2 is 1.88 bits per heavy atom. The lowest BCUT2D eigenvalue weighted by atomic mass is 10.1. The van der Waals surface area contributed by atoms with Crippen LogP contribution in [0.1, 0.15) is 35.2 Å². The standard InChI is InChI=1S/C19H19BrN2O2/c1-13-12-15(20)7-10-17(13)21-19(24)14-5-8-16(9-6-14)22-11-3-2-4-18(22)23/h5-10,12H,2-4,11H2,1H3,(H,21,24). The molecule has 0 bridgehead atoms. The van der Waals surface area contributed by atoms with Gasteiger partial charge in [0.2, 0.25) is 5.91 Å². The molecule has 24 heavy (non-hydrogen) atoms. The van der Waals surface area contributed by atoms with Gasteiger partial charge in [0.05, 0.1) is 0 Å². The first kappa shape index (κ1) is 16.7. The van der Waals surface area contributed by atoms with Crippen LogP contribution >= 0.6 is 15.9 Å². The monoisotopic (exact) mass is 386 g/mol. The van der Waals surface area contributed by atoms with Crippen molar-refractivity contribution in [3.63, 3.8) is 0 Å². The van der Waals surface area contributed by atoms with E-state index in [9.17, 15) is 9.59 Å². The van der Waals surface area contributed by atoms with E-state index in [2.05, 4.69) is 21.2 Å². The molecule has 0 saturated carbocycles. The average molecular weight is 387 g/mol. The molecule has 1 aliphatic heterocycles. The largest absolute Gasteiger partial charge is 0.322 e. The van der Waals surface area contributed by atoms with Crippen molar-refractivity contribution in [3.05, 3.63) is 58.1 Å². The van der Waals surface area contributed by atoms with Gasteiger partial charge < -0.3 is 10.2 Å². The number of anilines is 2. The van der Waals surface area contributed by atoms with Gasteiger partial charge in [-0.3, -0.25) is 9.59 Å². The molecule has 1 aliphatic rings. The molecule has 124 valence electrons. The molecule has 2 aromatic rings. The van der Waals surface area contributed by atoms with Crippen molar-refractivity contribution >= 4 is 39.1 Å². The van der Waals surface area contributed by atoms with Crippen molar-refractivity contribution in [2.75, 3.05) is 16.8 Å². The number of halogens is 1. The summed E-state index contributed by atoms with van der Waals surface area (Å²) < 4.78 is 0.980. The Bertz CT molecular complexity index is 771. The molecule has 2 aromatic carbocycles. The number of carbonyl (C=O) groups excluding carboxylic acids is 2. The molecule has 0 radical (unpaired) electrons. The Morgan fingerprint density at radius 3 is 2.54 bits per heavy atom. The number of amides is 2. The molecular weight excluding hydrogens is 368 g/mol. The smallest absolute Gasteiger partial charge is 0.255 e. The second kappa shape index (κ2) is 7.18. The van der Waals surface area contributed by atoms with E-state index in [1.165, 1.54) is 0 Å². The number of nitrogens with zero attached hydrogens (tertiary/aromatic N) is 1. The third kappa shape index (κ3) is 3.67. The van der Waals surface area contributed by atoms with Gasteiger partial charge in [0.1, 0.15) is 0 Å². The van der Waals surface area contributed by atoms with E-state index in [1.54, 1.807) is 17.0 Å². The van der Waals surface area contributed by atoms with Crippen LogP contribution in [-0.2, 0) is 4.79 Å². The third-order valence-electron chi connectivity index (χ3n) is 4.20. The predicted octanol–water partition coefficient (Wildman–Crippen LogP) is 4.53. The Morgan fingerprint density at radius 1 is 1.12 bits per heavy atom. The van der Waals surface area contributed by atoms with E-state index < -0.39 is 0 Å². The molecule has 0 atom stereocenters. The minimum absolute atomic E-state index is 0.156. The Kier molecular flexibility index (Phi) is 5.00. The summed E-state index contributed by atoms with van der Waals surface area (Å²) in [7, 11) is 0. The minimum Gasteiger partial charge on any atom is -0.322 e. The Balaban J connectivity index is 1.73. The van der Waals surface area contributed by atoms with Crippen molar-refractivity contribution in [1.29, 1.82) is 0 Å². The fourth-order valence-corrected chi connectivity index (χ4v) is 3.31. The van der Waals surface area contributed by atoms with Gasteiger partial charge in [-0.15, -0.1) is 0 Å². The molecule has 0 aromatic heterocycles. The molecule has 2 amide bonds. The van der Waals surface area contributed by atoms with E-state index in [4.69, 9.17) is 0 Å². The molecule has 0 unspecified atom stereocenters. The van der Waals surface area contributed by atoms with Crippen molar-refractivity contribution < 1.29 is 9.59 Å². The van der Waals surface area contributed by atoms with Crippen LogP contribution in [0.2, 0.25) is 0 Å². The Hall–Kier alpha value is -2.14. The van der Waals surface area contributed by atoms with Crippen LogP contribution in [0.25, 0.3) is 0 Å². The van der Waals surface area contributed by atoms with Gasteiger partial charge in [0.25, 0.3) is 5.91 Å². The summed E-state index contributed by atoms with van der Waals surface area (Å²) in [5, 5.41) is 2.92. The maximum Gasteiger partial charge on any atom is 0.255 e. The summed E-state index contributed by atoms with van der Waals surface area (Å²) in [6.45, 7) is 2.70. The zero-order valence-corrected chi connectivity index (χ0v) is 15.1. The number of benzene rings is 2. The fraction of sp³-hybridized carbons (Fsp3) is 0.263. The first-order valence-corrected chi connectivity index (χ1v) is 8.82. The van der Waals surface area contributed by atoms with Gasteiger partial charge in [-0.1, -0.05) is 15.9 Å². The quantitative estimate of drug-likeness (QED) is 0.842. The second-order valence-electron chi connectivity index (χ2n) is 5.96. The van der Waals surface area contributed by atoms with Crippen LogP contribution in [0.5, 0.6) is 0 Å². The van der Waals surface area contributed by atoms with E-state index in [0.29, 0.717) is 12.0 Å². The highest BCUT2D eigenvalue weighted by Crippen LogP contribution is 2.23. The molecule has 1 saturated heterocycles. The van der Waals surface area contributed by atoms with Crippen molar-refractivity contribution in [2.45, 2.75) is 26.2 Å². The summed E-state index contributed by atoms with van der Waals surface area (Å²) in [6, 6.07) is 12.9. The summed E-state index contributed by atoms with van der Waals surface area (Å²) >= 11 is 3.41. The topological polar surface area (TPSA) is 49.4 Å². The van der Waals surface area contributed by atoms with Crippen molar-refractivity contribution in [1.82, 2.24) is 0 Å². The molecular formula is C19H19BrN2O2. The van der Waals surface area contributed by atoms with Crippen LogP contribution in [0.15, 0.2) is 46.9 Å². The van der Waals surface area contributed by atoms with E-state index in [-0.39, 0.29) is 11.8 Å². The predicted molar refractivity (Wildman–Crippen MR) is 99.5 cm³/mol. The van der Waals surface area contributed by atoms with Crippen LogP contribution in [0.4, 0.5) is 11.4 Å². The number of carbonyl (C=O) groups is 2. The lowest BCUT2D eigenvalue weighted by molar-refractivity contribution is -0.119. The number of aryl methyl sites for hydroxylation is 1. The van der Waals surface area contributed by atoms with Gasteiger partial charge in [-0.25, -0.2) is 0 Å². The van der Waals surface area contributed by atoms with Gasteiger partial charge >= 0.3 is 0 Å². The minimum atomic E-state index is -0.156. The average Bonchev–Trinajstić information content (AvgIpc) is 2.58. The maximum absolute atomic E-state index is 12.4. The zero-order chi connectivity index (χ0) is 17.1. The maximum atomic E-state index is 12.4. The molecule has 1 N–H and O–H groups in total. The SMILES string of the molecule is Cc1cc(Br)ccc1NC(=O)c1ccc(N2CCCCC2=O)cc1. The summed E-state index contributed by atoms with van der Waals surface area (Å²) in [6.07, 6.45) is 2.59. The van der Waals surface area contributed by atoms with Crippen molar-refractivity contribution in [3.8, 4) is 0 Å². The van der Waals surface area contributed by atoms with Crippen LogP contribution in [-0.4, -0.2) is 18.4 Å². The summed E-state index contributed by atoms with van der Waals surface area (Å²) in [5.41, 5.74) is 3.22. The summed E-state index contributed by atoms with van der Waals surface area (Å²) in [5.74, 6) is 0.000817. The molecule has 1 heterocycles. The number of hydrogen-bond donors (Lipinski definition) is 1. The Labute approximate surface area is 150 Å². The third-order valence-corrected chi connectivity index (χ3v) is 4.69. The number of piperidine rings is 1. The summed E-state index contributed by atoms with van der Waals surface area (Å²) in [4.78, 5) is 26.2.